The molecule has 0 fully saturated rings. The molecule has 6 heteroatoms. The fourth-order valence-corrected chi connectivity index (χ4v) is 3.69. The summed E-state index contributed by atoms with van der Waals surface area (Å²) in [6.45, 7) is 2.14. The molecule has 0 aliphatic carbocycles. The van der Waals surface area contributed by atoms with Crippen LogP contribution in [0.25, 0.3) is 38.7 Å². The number of hydrogen-bond donors (Lipinski definition) is 0. The Morgan fingerprint density at radius 3 is 2.82 bits per heavy atom. The van der Waals surface area contributed by atoms with Crippen LogP contribution >= 0.6 is 0 Å². The lowest BCUT2D eigenvalue weighted by atomic mass is 10.2. The Balaban J connectivity index is 1.97. The predicted octanol–water partition coefficient (Wildman–Crippen LogP) is 4.49. The largest absolute Gasteiger partial charge is 0.497 e. The van der Waals surface area contributed by atoms with Crippen molar-refractivity contribution in [3.63, 3.8) is 0 Å². The van der Waals surface area contributed by atoms with Crippen LogP contribution in [0.1, 0.15) is 25.6 Å². The van der Waals surface area contributed by atoms with E-state index in [-0.39, 0.29) is 5.43 Å². The standard InChI is InChI=1S/C22H19N3O3/c1-3-4-9-18-24-22-19(21-23-15-7-5-6-8-16(15)25(18)21)20(26)14-11-10-13(27-2)12-17(14)28-22/h5-8,10-12H,3-4,9H2,1-2H3. The smallest absolute Gasteiger partial charge is 0.236 e. The molecule has 0 amide bonds. The van der Waals surface area contributed by atoms with E-state index in [2.05, 4.69) is 6.92 Å². The molecule has 0 radical (unpaired) electrons. The average molecular weight is 373 g/mol. The van der Waals surface area contributed by atoms with E-state index in [1.54, 1.807) is 25.3 Å². The van der Waals surface area contributed by atoms with E-state index >= 15 is 0 Å². The summed E-state index contributed by atoms with van der Waals surface area (Å²) in [5.74, 6) is 1.48. The molecule has 0 bridgehead atoms. The third-order valence-electron chi connectivity index (χ3n) is 5.11. The van der Waals surface area contributed by atoms with Crippen LogP contribution in [-0.4, -0.2) is 21.5 Å². The second-order valence-electron chi connectivity index (χ2n) is 6.86. The van der Waals surface area contributed by atoms with Crippen molar-refractivity contribution in [3.8, 4) is 5.75 Å². The molecule has 6 nitrogen and oxygen atoms in total. The minimum absolute atomic E-state index is 0.131. The first-order valence-electron chi connectivity index (χ1n) is 9.42. The Kier molecular flexibility index (Phi) is 3.79. The van der Waals surface area contributed by atoms with Gasteiger partial charge >= 0.3 is 0 Å². The van der Waals surface area contributed by atoms with Crippen molar-refractivity contribution in [3.05, 3.63) is 58.5 Å². The monoisotopic (exact) mass is 373 g/mol. The first kappa shape index (κ1) is 16.7. The third-order valence-corrected chi connectivity index (χ3v) is 5.11. The van der Waals surface area contributed by atoms with Crippen molar-refractivity contribution >= 4 is 38.7 Å². The van der Waals surface area contributed by atoms with Gasteiger partial charge in [-0.15, -0.1) is 0 Å². The number of benzene rings is 2. The van der Waals surface area contributed by atoms with Crippen LogP contribution in [0, 0.1) is 0 Å². The van der Waals surface area contributed by atoms with Gasteiger partial charge in [0.2, 0.25) is 11.1 Å². The van der Waals surface area contributed by atoms with Crippen molar-refractivity contribution < 1.29 is 9.15 Å². The molecule has 0 aliphatic rings. The normalized spacial score (nSPS) is 11.8. The first-order valence-corrected chi connectivity index (χ1v) is 9.42. The Bertz CT molecular complexity index is 1420. The molecule has 5 aromatic rings. The molecule has 0 saturated carbocycles. The highest BCUT2D eigenvalue weighted by molar-refractivity contribution is 5.99. The highest BCUT2D eigenvalue weighted by atomic mass is 16.5. The van der Waals surface area contributed by atoms with Crippen LogP contribution in [0.4, 0.5) is 0 Å². The number of methoxy groups -OCH3 is 1. The minimum atomic E-state index is -0.131. The average Bonchev–Trinajstić information content (AvgIpc) is 3.11. The molecule has 3 heterocycles. The highest BCUT2D eigenvalue weighted by Gasteiger charge is 2.19. The van der Waals surface area contributed by atoms with Crippen LogP contribution in [-0.2, 0) is 6.42 Å². The fourth-order valence-electron chi connectivity index (χ4n) is 3.69. The van der Waals surface area contributed by atoms with Crippen LogP contribution in [0.5, 0.6) is 5.75 Å². The van der Waals surface area contributed by atoms with Gasteiger partial charge in [0.1, 0.15) is 22.5 Å². The number of unbranched alkanes of at least 4 members (excludes halogenated alkanes) is 1. The molecule has 0 atom stereocenters. The molecule has 0 aliphatic heterocycles. The molecule has 2 aromatic carbocycles. The molecule has 28 heavy (non-hydrogen) atoms. The maximum Gasteiger partial charge on any atom is 0.236 e. The number of nitrogens with zero attached hydrogens (tertiary/aromatic N) is 3. The molecule has 5 rings (SSSR count). The molecule has 0 saturated heterocycles. The molecule has 0 unspecified atom stereocenters. The molecule has 0 N–H and O–H groups in total. The van der Waals surface area contributed by atoms with E-state index in [0.717, 1.165) is 36.1 Å². The van der Waals surface area contributed by atoms with Crippen LogP contribution in [0.2, 0.25) is 0 Å². The topological polar surface area (TPSA) is 69.6 Å². The van der Waals surface area contributed by atoms with Gasteiger partial charge in [0.15, 0.2) is 5.65 Å². The highest BCUT2D eigenvalue weighted by Crippen LogP contribution is 2.27. The fraction of sp³-hybridized carbons (Fsp3) is 0.227. The zero-order valence-corrected chi connectivity index (χ0v) is 15.7. The number of aromatic nitrogens is 3. The summed E-state index contributed by atoms with van der Waals surface area (Å²) in [4.78, 5) is 22.8. The van der Waals surface area contributed by atoms with Gasteiger partial charge in [0.05, 0.1) is 23.5 Å². The summed E-state index contributed by atoms with van der Waals surface area (Å²) in [5.41, 5.74) is 3.04. The van der Waals surface area contributed by atoms with Crippen molar-refractivity contribution in [2.45, 2.75) is 26.2 Å². The number of hydrogen-bond acceptors (Lipinski definition) is 5. The Labute approximate surface area is 160 Å². The second kappa shape index (κ2) is 6.34. The lowest BCUT2D eigenvalue weighted by Gasteiger charge is -2.09. The summed E-state index contributed by atoms with van der Waals surface area (Å²) in [7, 11) is 1.58. The quantitative estimate of drug-likeness (QED) is 0.434. The van der Waals surface area contributed by atoms with Crippen molar-refractivity contribution in [2.24, 2.45) is 0 Å². The van der Waals surface area contributed by atoms with Gasteiger partial charge in [-0.05, 0) is 30.7 Å². The van der Waals surface area contributed by atoms with Crippen molar-refractivity contribution in [1.82, 2.24) is 14.4 Å². The zero-order chi connectivity index (χ0) is 19.3. The predicted molar refractivity (Wildman–Crippen MR) is 109 cm³/mol. The van der Waals surface area contributed by atoms with Crippen molar-refractivity contribution in [2.75, 3.05) is 7.11 Å². The zero-order valence-electron chi connectivity index (χ0n) is 15.7. The molecule has 140 valence electrons. The van der Waals surface area contributed by atoms with Crippen molar-refractivity contribution in [1.29, 1.82) is 0 Å². The lowest BCUT2D eigenvalue weighted by Crippen LogP contribution is -2.09. The summed E-state index contributed by atoms with van der Waals surface area (Å²) >= 11 is 0. The Morgan fingerprint density at radius 2 is 2.00 bits per heavy atom. The SMILES string of the molecule is CCCCc1nc2oc3cc(OC)ccc3c(=O)c2c2nc3ccccc3n12. The molecule has 0 spiro atoms. The first-order chi connectivity index (χ1) is 13.7. The van der Waals surface area contributed by atoms with Gasteiger partial charge in [-0.25, -0.2) is 4.98 Å². The van der Waals surface area contributed by atoms with Gasteiger partial charge in [-0.3, -0.25) is 9.20 Å². The number of fused-ring (bicyclic) bond motifs is 6. The van der Waals surface area contributed by atoms with Gasteiger partial charge in [-0.1, -0.05) is 25.5 Å². The summed E-state index contributed by atoms with van der Waals surface area (Å²) in [5, 5.41) is 0.902. The molecule has 3 aromatic heterocycles. The lowest BCUT2D eigenvalue weighted by molar-refractivity contribution is 0.414. The molecular weight excluding hydrogens is 354 g/mol. The minimum Gasteiger partial charge on any atom is -0.497 e. The van der Waals surface area contributed by atoms with E-state index < -0.39 is 0 Å². The van der Waals surface area contributed by atoms with E-state index in [1.165, 1.54) is 0 Å². The van der Waals surface area contributed by atoms with Crippen LogP contribution in [0.15, 0.2) is 51.7 Å². The van der Waals surface area contributed by atoms with Gasteiger partial charge in [-0.2, -0.15) is 4.98 Å². The van der Waals surface area contributed by atoms with Gasteiger partial charge in [0, 0.05) is 12.5 Å². The Morgan fingerprint density at radius 1 is 1.14 bits per heavy atom. The number of imidazole rings is 1. The number of ether oxygens (including phenoxy) is 1. The number of aryl methyl sites for hydroxylation is 1. The van der Waals surface area contributed by atoms with E-state index in [4.69, 9.17) is 19.1 Å². The van der Waals surface area contributed by atoms with E-state index in [0.29, 0.717) is 33.5 Å². The van der Waals surface area contributed by atoms with Gasteiger partial charge < -0.3 is 9.15 Å². The maximum atomic E-state index is 13.3. The summed E-state index contributed by atoms with van der Waals surface area (Å²) in [6, 6.07) is 13.1. The van der Waals surface area contributed by atoms with E-state index in [9.17, 15) is 4.79 Å². The molecular formula is C22H19N3O3. The van der Waals surface area contributed by atoms with Crippen LogP contribution in [0.3, 0.4) is 0 Å². The Hall–Kier alpha value is -3.41. The van der Waals surface area contributed by atoms with E-state index in [1.807, 2.05) is 28.7 Å². The van der Waals surface area contributed by atoms with Gasteiger partial charge in [0.25, 0.3) is 0 Å². The maximum absolute atomic E-state index is 13.3. The second-order valence-corrected chi connectivity index (χ2v) is 6.86. The summed E-state index contributed by atoms with van der Waals surface area (Å²) in [6.07, 6.45) is 2.82. The third kappa shape index (κ3) is 2.37. The number of para-hydroxylation sites is 2. The summed E-state index contributed by atoms with van der Waals surface area (Å²) < 4.78 is 13.3. The number of rotatable bonds is 4. The van der Waals surface area contributed by atoms with Crippen LogP contribution < -0.4 is 10.2 Å².